The second-order valence-electron chi connectivity index (χ2n) is 5.48. The van der Waals surface area contributed by atoms with Crippen LogP contribution in [0, 0.1) is 0 Å². The molecule has 0 aromatic heterocycles. The zero-order valence-electron chi connectivity index (χ0n) is 13.3. The summed E-state index contributed by atoms with van der Waals surface area (Å²) in [5, 5.41) is 4.18. The Morgan fingerprint density at radius 2 is 1.83 bits per heavy atom. The molecule has 0 aliphatic carbocycles. The van der Waals surface area contributed by atoms with Gasteiger partial charge in [-0.3, -0.25) is 0 Å². The highest BCUT2D eigenvalue weighted by Gasteiger charge is 2.29. The van der Waals surface area contributed by atoms with Gasteiger partial charge in [-0.25, -0.2) is 0 Å². The smallest absolute Gasteiger partial charge is 0.163 e. The van der Waals surface area contributed by atoms with E-state index in [-0.39, 0.29) is 12.2 Å². The van der Waals surface area contributed by atoms with Crippen LogP contribution in [0.2, 0.25) is 10.0 Å². The second kappa shape index (κ2) is 8.08. The van der Waals surface area contributed by atoms with Crippen LogP contribution < -0.4 is 14.8 Å². The molecule has 0 radical (unpaired) electrons. The van der Waals surface area contributed by atoms with Gasteiger partial charge >= 0.3 is 0 Å². The molecule has 1 N–H and O–H groups in total. The van der Waals surface area contributed by atoms with Gasteiger partial charge < -0.3 is 19.5 Å². The molecule has 0 amide bonds. The first-order valence-electron chi connectivity index (χ1n) is 7.76. The van der Waals surface area contributed by atoms with Crippen molar-refractivity contribution in [2.45, 2.75) is 12.2 Å². The third-order valence-corrected chi connectivity index (χ3v) is 4.60. The summed E-state index contributed by atoms with van der Waals surface area (Å²) in [7, 11) is 1.57. The topological polar surface area (TPSA) is 39.7 Å². The standard InChI is InChI=1S/C18H19Cl2NO3/c1-22-15-9-13(19)14(20)10-16(15)24-18(12-5-3-2-4-6-12)17-11-21-7-8-23-17/h2-6,9-10,17-18,21H,7-8,11H2,1H3/t17-,18-/m0/s1. The number of morpholine rings is 1. The number of rotatable bonds is 5. The van der Waals surface area contributed by atoms with Crippen LogP contribution >= 0.6 is 23.2 Å². The number of halogens is 2. The van der Waals surface area contributed by atoms with Crippen LogP contribution in [-0.4, -0.2) is 32.9 Å². The van der Waals surface area contributed by atoms with Crippen molar-refractivity contribution in [3.05, 3.63) is 58.1 Å². The fourth-order valence-corrected chi connectivity index (χ4v) is 2.99. The Morgan fingerprint density at radius 3 is 2.46 bits per heavy atom. The molecule has 3 rings (SSSR count). The van der Waals surface area contributed by atoms with Crippen LogP contribution in [0.4, 0.5) is 0 Å². The zero-order valence-corrected chi connectivity index (χ0v) is 14.8. The average molecular weight is 368 g/mol. The first kappa shape index (κ1) is 17.4. The van der Waals surface area contributed by atoms with Gasteiger partial charge in [0.15, 0.2) is 17.6 Å². The molecule has 2 aromatic rings. The van der Waals surface area contributed by atoms with Crippen LogP contribution in [0.3, 0.4) is 0 Å². The maximum atomic E-state index is 6.26. The van der Waals surface area contributed by atoms with E-state index in [0.29, 0.717) is 34.7 Å². The molecule has 2 atom stereocenters. The van der Waals surface area contributed by atoms with E-state index in [1.54, 1.807) is 19.2 Å². The molecule has 2 aromatic carbocycles. The third-order valence-electron chi connectivity index (χ3n) is 3.88. The minimum absolute atomic E-state index is 0.111. The SMILES string of the molecule is COc1cc(Cl)c(Cl)cc1O[C@@H](c1ccccc1)[C@@H]1CNCCO1. The van der Waals surface area contributed by atoms with Gasteiger partial charge in [-0.05, 0) is 5.56 Å². The molecule has 0 spiro atoms. The maximum absolute atomic E-state index is 6.26. The minimum Gasteiger partial charge on any atom is -0.493 e. The van der Waals surface area contributed by atoms with Crippen molar-refractivity contribution in [2.24, 2.45) is 0 Å². The fraction of sp³-hybridized carbons (Fsp3) is 0.333. The van der Waals surface area contributed by atoms with Gasteiger partial charge in [0.25, 0.3) is 0 Å². The Morgan fingerprint density at radius 1 is 1.12 bits per heavy atom. The molecule has 1 saturated heterocycles. The molecular formula is C18H19Cl2NO3. The van der Waals surface area contributed by atoms with Crippen molar-refractivity contribution >= 4 is 23.2 Å². The molecule has 0 saturated carbocycles. The van der Waals surface area contributed by atoms with E-state index in [9.17, 15) is 0 Å². The Hall–Kier alpha value is -1.46. The summed E-state index contributed by atoms with van der Waals surface area (Å²) in [5.41, 5.74) is 1.03. The average Bonchev–Trinajstić information content (AvgIpc) is 2.63. The highest BCUT2D eigenvalue weighted by molar-refractivity contribution is 6.42. The molecule has 4 nitrogen and oxygen atoms in total. The van der Waals surface area contributed by atoms with E-state index in [2.05, 4.69) is 5.32 Å². The van der Waals surface area contributed by atoms with Crippen LogP contribution in [0.25, 0.3) is 0 Å². The highest BCUT2D eigenvalue weighted by atomic mass is 35.5. The molecule has 128 valence electrons. The van der Waals surface area contributed by atoms with E-state index in [1.165, 1.54) is 0 Å². The summed E-state index contributed by atoms with van der Waals surface area (Å²) in [5.74, 6) is 1.07. The Labute approximate surface area is 151 Å². The van der Waals surface area contributed by atoms with Gasteiger partial charge in [-0.1, -0.05) is 53.5 Å². The first-order valence-corrected chi connectivity index (χ1v) is 8.51. The zero-order chi connectivity index (χ0) is 16.9. The van der Waals surface area contributed by atoms with Gasteiger partial charge in [0.05, 0.1) is 23.8 Å². The highest BCUT2D eigenvalue weighted by Crippen LogP contribution is 2.39. The van der Waals surface area contributed by atoms with Gasteiger partial charge in [0.2, 0.25) is 0 Å². The van der Waals surface area contributed by atoms with E-state index >= 15 is 0 Å². The quantitative estimate of drug-likeness (QED) is 0.862. The van der Waals surface area contributed by atoms with E-state index in [0.717, 1.165) is 12.1 Å². The molecule has 1 heterocycles. The van der Waals surface area contributed by atoms with Crippen molar-refractivity contribution in [1.82, 2.24) is 5.32 Å². The van der Waals surface area contributed by atoms with Crippen LogP contribution in [0.15, 0.2) is 42.5 Å². The van der Waals surface area contributed by atoms with Crippen molar-refractivity contribution in [3.63, 3.8) is 0 Å². The molecule has 0 unspecified atom stereocenters. The predicted molar refractivity (Wildman–Crippen MR) is 95.4 cm³/mol. The molecule has 1 aliphatic rings. The summed E-state index contributed by atoms with van der Waals surface area (Å²) in [4.78, 5) is 0. The van der Waals surface area contributed by atoms with E-state index < -0.39 is 0 Å². The van der Waals surface area contributed by atoms with Gasteiger partial charge in [0, 0.05) is 25.2 Å². The third kappa shape index (κ3) is 3.95. The Bertz CT molecular complexity index is 675. The van der Waals surface area contributed by atoms with E-state index in [1.807, 2.05) is 30.3 Å². The van der Waals surface area contributed by atoms with Crippen LogP contribution in [-0.2, 0) is 4.74 Å². The second-order valence-corrected chi connectivity index (χ2v) is 6.29. The summed E-state index contributed by atoms with van der Waals surface area (Å²) in [6.45, 7) is 2.20. The molecule has 0 bridgehead atoms. The van der Waals surface area contributed by atoms with Crippen molar-refractivity contribution in [2.75, 3.05) is 26.8 Å². The Balaban J connectivity index is 1.93. The summed E-state index contributed by atoms with van der Waals surface area (Å²) < 4.78 is 17.6. The molecule has 24 heavy (non-hydrogen) atoms. The van der Waals surface area contributed by atoms with Crippen LogP contribution in [0.1, 0.15) is 11.7 Å². The molecule has 1 aliphatic heterocycles. The largest absolute Gasteiger partial charge is 0.493 e. The molecule has 6 heteroatoms. The first-order chi connectivity index (χ1) is 11.7. The lowest BCUT2D eigenvalue weighted by molar-refractivity contribution is -0.0438. The Kier molecular flexibility index (Phi) is 5.85. The van der Waals surface area contributed by atoms with Gasteiger partial charge in [0.1, 0.15) is 6.10 Å². The number of methoxy groups -OCH3 is 1. The van der Waals surface area contributed by atoms with Crippen molar-refractivity contribution < 1.29 is 14.2 Å². The number of hydrogen-bond acceptors (Lipinski definition) is 4. The van der Waals surface area contributed by atoms with Crippen LogP contribution in [0.5, 0.6) is 11.5 Å². The molecular weight excluding hydrogens is 349 g/mol. The predicted octanol–water partition coefficient (Wildman–Crippen LogP) is 4.11. The number of hydrogen-bond donors (Lipinski definition) is 1. The fourth-order valence-electron chi connectivity index (χ4n) is 2.68. The lowest BCUT2D eigenvalue weighted by Gasteiger charge is -2.32. The minimum atomic E-state index is -0.287. The normalized spacial score (nSPS) is 18.9. The summed E-state index contributed by atoms with van der Waals surface area (Å²) in [6, 6.07) is 13.3. The summed E-state index contributed by atoms with van der Waals surface area (Å²) >= 11 is 12.2. The lowest BCUT2D eigenvalue weighted by Crippen LogP contribution is -2.43. The van der Waals surface area contributed by atoms with Gasteiger partial charge in [-0.2, -0.15) is 0 Å². The summed E-state index contributed by atoms with van der Waals surface area (Å²) in [6.07, 6.45) is -0.398. The monoisotopic (exact) mass is 367 g/mol. The molecule has 1 fully saturated rings. The van der Waals surface area contributed by atoms with E-state index in [4.69, 9.17) is 37.4 Å². The van der Waals surface area contributed by atoms with Gasteiger partial charge in [-0.15, -0.1) is 0 Å². The number of benzene rings is 2. The number of nitrogens with one attached hydrogen (secondary N) is 1. The lowest BCUT2D eigenvalue weighted by atomic mass is 10.0. The van der Waals surface area contributed by atoms with Crippen molar-refractivity contribution in [1.29, 1.82) is 0 Å². The van der Waals surface area contributed by atoms with Crippen molar-refractivity contribution in [3.8, 4) is 11.5 Å². The number of ether oxygens (including phenoxy) is 3. The maximum Gasteiger partial charge on any atom is 0.163 e.